The number of aryl methyl sites for hydroxylation is 1. The molecule has 0 atom stereocenters. The Morgan fingerprint density at radius 1 is 1.33 bits per heavy atom. The van der Waals surface area contributed by atoms with Gasteiger partial charge in [0.05, 0.1) is 0 Å². The second-order valence-electron chi connectivity index (χ2n) is 2.80. The summed E-state index contributed by atoms with van der Waals surface area (Å²) in [4.78, 5) is 0. The molecular weight excluding hydrogens is 214 g/mol. The lowest BCUT2D eigenvalue weighted by Crippen LogP contribution is -2.08. The molecule has 0 radical (unpaired) electrons. The number of rotatable bonds is 4. The molecule has 0 aliphatic rings. The van der Waals surface area contributed by atoms with E-state index in [2.05, 4.69) is 39.4 Å². The topological polar surface area (TPSA) is 12.0 Å². The number of halogens is 1. The van der Waals surface area contributed by atoms with Gasteiger partial charge in [0.15, 0.2) is 0 Å². The van der Waals surface area contributed by atoms with Crippen LogP contribution in [0.25, 0.3) is 0 Å². The minimum absolute atomic E-state index is 1.08. The van der Waals surface area contributed by atoms with Crippen LogP contribution in [0.4, 0.5) is 0 Å². The van der Waals surface area contributed by atoms with Crippen LogP contribution < -0.4 is 5.32 Å². The number of nitrogens with one attached hydrogen (secondary N) is 1. The Hall–Kier alpha value is -0.340. The summed E-state index contributed by atoms with van der Waals surface area (Å²) in [5.41, 5.74) is 1.40. The second-order valence-corrected chi connectivity index (χ2v) is 3.65. The summed E-state index contributed by atoms with van der Waals surface area (Å²) in [7, 11) is 1.99. The smallest absolute Gasteiger partial charge is 0.0207 e. The Kier molecular flexibility index (Phi) is 4.33. The standard InChI is InChI=1S/C10H14BrN/c1-12-8-4-6-9-5-2-3-7-10(9)11/h2-3,5,7,12H,4,6,8H2,1H3. The van der Waals surface area contributed by atoms with Crippen LogP contribution in [0, 0.1) is 0 Å². The molecule has 1 aromatic rings. The fourth-order valence-electron chi connectivity index (χ4n) is 1.16. The Morgan fingerprint density at radius 2 is 2.08 bits per heavy atom. The summed E-state index contributed by atoms with van der Waals surface area (Å²) in [5, 5.41) is 3.14. The first-order valence-corrected chi connectivity index (χ1v) is 5.02. The summed E-state index contributed by atoms with van der Waals surface area (Å²) in [6, 6.07) is 8.39. The average molecular weight is 228 g/mol. The minimum Gasteiger partial charge on any atom is -0.320 e. The van der Waals surface area contributed by atoms with Crippen LogP contribution in [-0.4, -0.2) is 13.6 Å². The van der Waals surface area contributed by atoms with Crippen LogP contribution in [0.3, 0.4) is 0 Å². The van der Waals surface area contributed by atoms with E-state index >= 15 is 0 Å². The molecule has 0 unspecified atom stereocenters. The van der Waals surface area contributed by atoms with Crippen LogP contribution in [0.15, 0.2) is 28.7 Å². The molecule has 2 heteroatoms. The van der Waals surface area contributed by atoms with Crippen molar-refractivity contribution >= 4 is 15.9 Å². The molecule has 0 spiro atoms. The Morgan fingerprint density at radius 3 is 2.75 bits per heavy atom. The van der Waals surface area contributed by atoms with E-state index in [4.69, 9.17) is 0 Å². The van der Waals surface area contributed by atoms with E-state index in [-0.39, 0.29) is 0 Å². The quantitative estimate of drug-likeness (QED) is 0.781. The van der Waals surface area contributed by atoms with Gasteiger partial charge in [-0.1, -0.05) is 34.1 Å². The van der Waals surface area contributed by atoms with Crippen molar-refractivity contribution in [1.29, 1.82) is 0 Å². The molecule has 0 aliphatic carbocycles. The molecule has 1 rings (SSSR count). The Balaban J connectivity index is 2.46. The van der Waals surface area contributed by atoms with Crippen molar-refractivity contribution in [1.82, 2.24) is 5.32 Å². The molecule has 0 saturated carbocycles. The lowest BCUT2D eigenvalue weighted by atomic mass is 10.1. The lowest BCUT2D eigenvalue weighted by Gasteiger charge is -2.02. The first-order chi connectivity index (χ1) is 5.84. The van der Waals surface area contributed by atoms with Crippen LogP contribution in [0.1, 0.15) is 12.0 Å². The first-order valence-electron chi connectivity index (χ1n) is 4.22. The van der Waals surface area contributed by atoms with Crippen LogP contribution >= 0.6 is 15.9 Å². The van der Waals surface area contributed by atoms with Crippen LogP contribution in [0.5, 0.6) is 0 Å². The van der Waals surface area contributed by atoms with E-state index in [1.54, 1.807) is 0 Å². The molecule has 0 heterocycles. The van der Waals surface area contributed by atoms with Gasteiger partial charge in [0, 0.05) is 4.47 Å². The van der Waals surface area contributed by atoms with Crippen molar-refractivity contribution in [2.75, 3.05) is 13.6 Å². The average Bonchev–Trinajstić information content (AvgIpc) is 2.09. The van der Waals surface area contributed by atoms with Gasteiger partial charge in [-0.15, -0.1) is 0 Å². The van der Waals surface area contributed by atoms with Gasteiger partial charge in [0.1, 0.15) is 0 Å². The molecule has 1 nitrogen and oxygen atoms in total. The van der Waals surface area contributed by atoms with E-state index in [0.29, 0.717) is 0 Å². The van der Waals surface area contributed by atoms with Crippen molar-refractivity contribution in [2.45, 2.75) is 12.8 Å². The lowest BCUT2D eigenvalue weighted by molar-refractivity contribution is 0.723. The zero-order chi connectivity index (χ0) is 8.81. The highest BCUT2D eigenvalue weighted by atomic mass is 79.9. The Bertz CT molecular complexity index is 235. The highest BCUT2D eigenvalue weighted by Gasteiger charge is 1.96. The van der Waals surface area contributed by atoms with Gasteiger partial charge in [-0.25, -0.2) is 0 Å². The largest absolute Gasteiger partial charge is 0.320 e. The summed E-state index contributed by atoms with van der Waals surface area (Å²) >= 11 is 3.53. The van der Waals surface area contributed by atoms with Gasteiger partial charge >= 0.3 is 0 Å². The van der Waals surface area contributed by atoms with Crippen molar-refractivity contribution in [3.05, 3.63) is 34.3 Å². The monoisotopic (exact) mass is 227 g/mol. The molecule has 0 aliphatic heterocycles. The van der Waals surface area contributed by atoms with E-state index in [1.807, 2.05) is 13.1 Å². The molecule has 1 aromatic carbocycles. The summed E-state index contributed by atoms with van der Waals surface area (Å²) in [6.45, 7) is 1.08. The van der Waals surface area contributed by atoms with Gasteiger partial charge in [0.25, 0.3) is 0 Å². The number of hydrogen-bond acceptors (Lipinski definition) is 1. The van der Waals surface area contributed by atoms with E-state index in [1.165, 1.54) is 16.5 Å². The van der Waals surface area contributed by atoms with Crippen molar-refractivity contribution in [3.63, 3.8) is 0 Å². The molecular formula is C10H14BrN. The normalized spacial score (nSPS) is 10.2. The molecule has 66 valence electrons. The highest BCUT2D eigenvalue weighted by molar-refractivity contribution is 9.10. The van der Waals surface area contributed by atoms with Crippen molar-refractivity contribution in [3.8, 4) is 0 Å². The predicted molar refractivity (Wildman–Crippen MR) is 56.4 cm³/mol. The zero-order valence-corrected chi connectivity index (χ0v) is 8.89. The second kappa shape index (κ2) is 5.33. The van der Waals surface area contributed by atoms with Crippen molar-refractivity contribution in [2.24, 2.45) is 0 Å². The molecule has 12 heavy (non-hydrogen) atoms. The number of hydrogen-bond donors (Lipinski definition) is 1. The number of benzene rings is 1. The first kappa shape index (κ1) is 9.75. The maximum absolute atomic E-state index is 3.53. The Labute approximate surface area is 82.3 Å². The van der Waals surface area contributed by atoms with Gasteiger partial charge in [-0.2, -0.15) is 0 Å². The van der Waals surface area contributed by atoms with Crippen LogP contribution in [-0.2, 0) is 6.42 Å². The van der Waals surface area contributed by atoms with Gasteiger partial charge in [0.2, 0.25) is 0 Å². The van der Waals surface area contributed by atoms with E-state index in [9.17, 15) is 0 Å². The summed E-state index contributed by atoms with van der Waals surface area (Å²) in [5.74, 6) is 0. The fraction of sp³-hybridized carbons (Fsp3) is 0.400. The molecule has 0 saturated heterocycles. The van der Waals surface area contributed by atoms with E-state index in [0.717, 1.165) is 13.0 Å². The molecule has 0 amide bonds. The van der Waals surface area contributed by atoms with Gasteiger partial charge < -0.3 is 5.32 Å². The zero-order valence-electron chi connectivity index (χ0n) is 7.31. The third-order valence-electron chi connectivity index (χ3n) is 1.83. The molecule has 0 bridgehead atoms. The van der Waals surface area contributed by atoms with Gasteiger partial charge in [-0.3, -0.25) is 0 Å². The fourth-order valence-corrected chi connectivity index (χ4v) is 1.64. The summed E-state index contributed by atoms with van der Waals surface area (Å²) in [6.07, 6.45) is 2.33. The maximum atomic E-state index is 3.53. The molecule has 1 N–H and O–H groups in total. The maximum Gasteiger partial charge on any atom is 0.0207 e. The van der Waals surface area contributed by atoms with Crippen LogP contribution in [0.2, 0.25) is 0 Å². The van der Waals surface area contributed by atoms with Gasteiger partial charge in [-0.05, 0) is 38.1 Å². The SMILES string of the molecule is CNCCCc1ccccc1Br. The third-order valence-corrected chi connectivity index (χ3v) is 2.60. The molecule has 0 fully saturated rings. The minimum atomic E-state index is 1.08. The van der Waals surface area contributed by atoms with Crippen molar-refractivity contribution < 1.29 is 0 Å². The van der Waals surface area contributed by atoms with E-state index < -0.39 is 0 Å². The molecule has 0 aromatic heterocycles. The third kappa shape index (κ3) is 2.95. The predicted octanol–water partition coefficient (Wildman–Crippen LogP) is 2.60. The summed E-state index contributed by atoms with van der Waals surface area (Å²) < 4.78 is 1.22. The highest BCUT2D eigenvalue weighted by Crippen LogP contribution is 2.16.